The maximum atomic E-state index is 14.0. The van der Waals surface area contributed by atoms with E-state index in [1.54, 1.807) is 23.6 Å². The van der Waals surface area contributed by atoms with Gasteiger partial charge < -0.3 is 18.9 Å². The highest BCUT2D eigenvalue weighted by molar-refractivity contribution is 9.11. The van der Waals surface area contributed by atoms with E-state index >= 15 is 0 Å². The van der Waals surface area contributed by atoms with Crippen LogP contribution in [0, 0.1) is 0 Å². The first-order chi connectivity index (χ1) is 19.7. The van der Waals surface area contributed by atoms with Crippen LogP contribution in [-0.4, -0.2) is 43.6 Å². The van der Waals surface area contributed by atoms with Gasteiger partial charge >= 0.3 is 5.97 Å². The number of allylic oxidation sites excluding steroid dienone is 1. The van der Waals surface area contributed by atoms with Gasteiger partial charge in [0.05, 0.1) is 37.5 Å². The monoisotopic (exact) mass is 704 g/mol. The van der Waals surface area contributed by atoms with Gasteiger partial charge in [-0.05, 0) is 82.5 Å². The number of halogens is 2. The summed E-state index contributed by atoms with van der Waals surface area (Å²) in [5, 5.41) is 0. The Morgan fingerprint density at radius 1 is 1.20 bits per heavy atom. The van der Waals surface area contributed by atoms with E-state index in [2.05, 4.69) is 43.4 Å². The van der Waals surface area contributed by atoms with Crippen LogP contribution in [0.15, 0.2) is 79.1 Å². The third kappa shape index (κ3) is 6.91. The second-order valence-electron chi connectivity index (χ2n) is 9.33. The fourth-order valence-corrected chi connectivity index (χ4v) is 6.83. The molecule has 216 valence electrons. The standard InChI is InChI=1S/C30H30Br2N2O6S/c1-6-11-38-27-21(31)14-19(15-22(27)32)16-24-28(35)34-26(20-9-7-8-10-23(20)40-17(2)3)25(18(4)33-30(34)41-24)29(36)39-13-12-37-5/h6-10,14-17,26H,1,11-13H2,2-5H3/b24-16+/t26-/m1/s1. The summed E-state index contributed by atoms with van der Waals surface area (Å²) in [6.07, 6.45) is 3.34. The molecule has 0 radical (unpaired) electrons. The highest BCUT2D eigenvalue weighted by Gasteiger charge is 2.35. The van der Waals surface area contributed by atoms with E-state index in [0.29, 0.717) is 38.7 Å². The summed E-state index contributed by atoms with van der Waals surface area (Å²) in [5.74, 6) is 0.643. The van der Waals surface area contributed by atoms with Crippen molar-refractivity contribution >= 4 is 55.2 Å². The Kier molecular flexibility index (Phi) is 10.4. The topological polar surface area (TPSA) is 88.4 Å². The Balaban J connectivity index is 1.90. The summed E-state index contributed by atoms with van der Waals surface area (Å²) in [6, 6.07) is 10.3. The molecule has 4 rings (SSSR count). The van der Waals surface area contributed by atoms with Gasteiger partial charge in [0.15, 0.2) is 4.80 Å². The molecule has 3 aromatic rings. The van der Waals surface area contributed by atoms with Crippen molar-refractivity contribution in [2.75, 3.05) is 26.9 Å². The maximum absolute atomic E-state index is 14.0. The van der Waals surface area contributed by atoms with E-state index in [0.717, 1.165) is 14.5 Å². The number of fused-ring (bicyclic) bond motifs is 1. The third-order valence-electron chi connectivity index (χ3n) is 6.00. The predicted molar refractivity (Wildman–Crippen MR) is 166 cm³/mol. The summed E-state index contributed by atoms with van der Waals surface area (Å²) in [4.78, 5) is 32.6. The van der Waals surface area contributed by atoms with Gasteiger partial charge in [0.1, 0.15) is 30.8 Å². The second-order valence-corrected chi connectivity index (χ2v) is 12.0. The van der Waals surface area contributed by atoms with Crippen molar-refractivity contribution in [2.24, 2.45) is 4.99 Å². The lowest BCUT2D eigenvalue weighted by Crippen LogP contribution is -2.40. The molecule has 0 N–H and O–H groups in total. The molecule has 2 aromatic carbocycles. The number of methoxy groups -OCH3 is 1. The van der Waals surface area contributed by atoms with Crippen LogP contribution in [0.4, 0.5) is 0 Å². The zero-order valence-corrected chi connectivity index (χ0v) is 27.1. The molecule has 41 heavy (non-hydrogen) atoms. The van der Waals surface area contributed by atoms with Crippen LogP contribution in [0.1, 0.15) is 37.9 Å². The molecule has 0 amide bonds. The van der Waals surface area contributed by atoms with E-state index in [9.17, 15) is 9.59 Å². The molecule has 1 aromatic heterocycles. The van der Waals surface area contributed by atoms with Crippen LogP contribution in [-0.2, 0) is 14.3 Å². The van der Waals surface area contributed by atoms with Crippen molar-refractivity contribution in [2.45, 2.75) is 32.9 Å². The third-order valence-corrected chi connectivity index (χ3v) is 8.16. The lowest BCUT2D eigenvalue weighted by molar-refractivity contribution is -0.140. The van der Waals surface area contributed by atoms with Gasteiger partial charge in [-0.2, -0.15) is 0 Å². The van der Waals surface area contributed by atoms with E-state index < -0.39 is 12.0 Å². The van der Waals surface area contributed by atoms with Gasteiger partial charge in [-0.25, -0.2) is 9.79 Å². The van der Waals surface area contributed by atoms with E-state index in [1.165, 1.54) is 18.4 Å². The lowest BCUT2D eigenvalue weighted by atomic mass is 9.95. The molecular formula is C30H30Br2N2O6S. The number of carbonyl (C=O) groups excluding carboxylic acids is 1. The largest absolute Gasteiger partial charge is 0.491 e. The molecule has 0 fully saturated rings. The van der Waals surface area contributed by atoms with E-state index in [-0.39, 0.29) is 30.5 Å². The van der Waals surface area contributed by atoms with Gasteiger partial charge in [0, 0.05) is 12.7 Å². The first-order valence-electron chi connectivity index (χ1n) is 12.8. The summed E-state index contributed by atoms with van der Waals surface area (Å²) < 4.78 is 25.8. The Morgan fingerprint density at radius 2 is 1.90 bits per heavy atom. The summed E-state index contributed by atoms with van der Waals surface area (Å²) >= 11 is 8.36. The minimum Gasteiger partial charge on any atom is -0.491 e. The molecule has 0 bridgehead atoms. The maximum Gasteiger partial charge on any atom is 0.338 e. The number of nitrogens with zero attached hydrogens (tertiary/aromatic N) is 2. The number of hydrogen-bond acceptors (Lipinski definition) is 8. The number of para-hydroxylation sites is 1. The quantitative estimate of drug-likeness (QED) is 0.153. The molecule has 0 saturated carbocycles. The van der Waals surface area contributed by atoms with E-state index in [1.807, 2.05) is 50.2 Å². The van der Waals surface area contributed by atoms with Crippen molar-refractivity contribution < 1.29 is 23.7 Å². The number of benzene rings is 2. The molecular weight excluding hydrogens is 676 g/mol. The average molecular weight is 706 g/mol. The molecule has 11 heteroatoms. The Labute approximate surface area is 258 Å². The minimum atomic E-state index is -0.799. The van der Waals surface area contributed by atoms with Gasteiger partial charge in [-0.3, -0.25) is 9.36 Å². The second kappa shape index (κ2) is 13.8. The predicted octanol–water partition coefficient (Wildman–Crippen LogP) is 5.30. The van der Waals surface area contributed by atoms with Crippen molar-refractivity contribution in [3.8, 4) is 11.5 Å². The number of rotatable bonds is 11. The number of esters is 1. The Bertz CT molecular complexity index is 1650. The number of carbonyl (C=O) groups is 1. The number of thiazole rings is 1. The highest BCUT2D eigenvalue weighted by Crippen LogP contribution is 2.37. The number of aromatic nitrogens is 1. The number of hydrogen-bond donors (Lipinski definition) is 0. The fourth-order valence-electron chi connectivity index (χ4n) is 4.33. The van der Waals surface area contributed by atoms with Crippen molar-refractivity contribution in [1.29, 1.82) is 0 Å². The molecule has 0 aliphatic carbocycles. The van der Waals surface area contributed by atoms with Gasteiger partial charge in [0.25, 0.3) is 5.56 Å². The fraction of sp³-hybridized carbons (Fsp3) is 0.300. The SMILES string of the molecule is C=CCOc1c(Br)cc(/C=c2/sc3n(c2=O)[C@H](c2ccccc2OC(C)C)C(C(=O)OCCOC)=C(C)N=3)cc1Br. The molecule has 1 aliphatic heterocycles. The first kappa shape index (κ1) is 31.0. The Hall–Kier alpha value is -2.99. The molecule has 0 spiro atoms. The van der Waals surface area contributed by atoms with Crippen LogP contribution in [0.25, 0.3) is 6.08 Å². The van der Waals surface area contributed by atoms with Crippen LogP contribution < -0.4 is 24.4 Å². The average Bonchev–Trinajstić information content (AvgIpc) is 3.21. The van der Waals surface area contributed by atoms with Crippen molar-refractivity contribution in [1.82, 2.24) is 4.57 Å². The van der Waals surface area contributed by atoms with Crippen LogP contribution in [0.3, 0.4) is 0 Å². The first-order valence-corrected chi connectivity index (χ1v) is 15.2. The molecule has 0 saturated heterocycles. The summed E-state index contributed by atoms with van der Waals surface area (Å²) in [5.41, 5.74) is 1.89. The van der Waals surface area contributed by atoms with Gasteiger partial charge in [-0.1, -0.05) is 42.2 Å². The van der Waals surface area contributed by atoms with Crippen LogP contribution in [0.2, 0.25) is 0 Å². The zero-order valence-electron chi connectivity index (χ0n) is 23.1. The van der Waals surface area contributed by atoms with Gasteiger partial charge in [-0.15, -0.1) is 0 Å². The molecule has 1 atom stereocenters. The van der Waals surface area contributed by atoms with Crippen molar-refractivity contribution in [3.63, 3.8) is 0 Å². The van der Waals surface area contributed by atoms with Crippen LogP contribution >= 0.6 is 43.2 Å². The smallest absolute Gasteiger partial charge is 0.338 e. The van der Waals surface area contributed by atoms with E-state index in [4.69, 9.17) is 18.9 Å². The molecule has 8 nitrogen and oxygen atoms in total. The Morgan fingerprint density at radius 3 is 2.56 bits per heavy atom. The zero-order chi connectivity index (χ0) is 29.7. The summed E-state index contributed by atoms with van der Waals surface area (Å²) in [7, 11) is 1.53. The minimum absolute atomic E-state index is 0.0731. The number of ether oxygens (including phenoxy) is 4. The molecule has 1 aliphatic rings. The molecule has 0 unspecified atom stereocenters. The normalized spacial score (nSPS) is 15.0. The van der Waals surface area contributed by atoms with Gasteiger partial charge in [0.2, 0.25) is 0 Å². The van der Waals surface area contributed by atoms with Crippen LogP contribution in [0.5, 0.6) is 11.5 Å². The molecule has 2 heterocycles. The highest BCUT2D eigenvalue weighted by atomic mass is 79.9. The lowest BCUT2D eigenvalue weighted by Gasteiger charge is -2.27. The van der Waals surface area contributed by atoms with Crippen molar-refractivity contribution in [3.05, 3.63) is 100 Å². The summed E-state index contributed by atoms with van der Waals surface area (Å²) in [6.45, 7) is 9.96.